The van der Waals surface area contributed by atoms with Gasteiger partial charge in [-0.05, 0) is 32.9 Å². The van der Waals surface area contributed by atoms with Crippen molar-refractivity contribution >= 4 is 11.8 Å². The number of pyridine rings is 1. The van der Waals surface area contributed by atoms with Crippen molar-refractivity contribution in [3.05, 3.63) is 41.5 Å². The number of rotatable bonds is 6. The molecule has 0 aromatic carbocycles. The van der Waals surface area contributed by atoms with E-state index in [-0.39, 0.29) is 0 Å². The van der Waals surface area contributed by atoms with E-state index in [9.17, 15) is 9.90 Å². The second-order valence-electron chi connectivity index (χ2n) is 6.51. The van der Waals surface area contributed by atoms with Gasteiger partial charge in [-0.1, -0.05) is 0 Å². The van der Waals surface area contributed by atoms with Gasteiger partial charge in [0, 0.05) is 44.1 Å². The topological polar surface area (TPSA) is 91.7 Å². The van der Waals surface area contributed by atoms with E-state index >= 15 is 0 Å². The van der Waals surface area contributed by atoms with E-state index in [0.717, 1.165) is 17.2 Å². The highest BCUT2D eigenvalue weighted by atomic mass is 16.5. The Bertz CT molecular complexity index is 806. The Morgan fingerprint density at radius 3 is 2.67 bits per heavy atom. The number of carboxylic acid groups (broad SMARTS) is 1. The van der Waals surface area contributed by atoms with Crippen LogP contribution in [0, 0.1) is 13.8 Å². The summed E-state index contributed by atoms with van der Waals surface area (Å²) < 4.78 is 5.55. The number of carboxylic acids is 1. The fraction of sp³-hybridized carbons (Fsp3) is 0.474. The molecule has 1 saturated heterocycles. The molecule has 0 saturated carbocycles. The molecule has 1 fully saturated rings. The van der Waals surface area contributed by atoms with Gasteiger partial charge < -0.3 is 14.7 Å². The molecule has 1 atom stereocenters. The maximum Gasteiger partial charge on any atom is 0.325 e. The molecule has 144 valence electrons. The van der Waals surface area contributed by atoms with Gasteiger partial charge >= 0.3 is 5.97 Å². The van der Waals surface area contributed by atoms with Gasteiger partial charge in [-0.25, -0.2) is 9.97 Å². The fourth-order valence-electron chi connectivity index (χ4n) is 3.37. The standard InChI is InChI=1S/C19H25N5O3/c1-4-27-18-15(6-5-7-20-18)16(19(25)26)23-8-10-24(11-9-23)17-14(3)21-12-13(2)22-17/h5-7,12,16H,4,8-11H2,1-3H3,(H,25,26)/t16-/m1/s1. The van der Waals surface area contributed by atoms with E-state index in [1.54, 1.807) is 24.5 Å². The molecule has 8 heteroatoms. The molecule has 0 unspecified atom stereocenters. The minimum absolute atomic E-state index is 0.384. The molecular weight excluding hydrogens is 346 g/mol. The first-order valence-electron chi connectivity index (χ1n) is 9.11. The molecule has 0 spiro atoms. The van der Waals surface area contributed by atoms with Crippen molar-refractivity contribution < 1.29 is 14.6 Å². The predicted molar refractivity (Wildman–Crippen MR) is 101 cm³/mol. The van der Waals surface area contributed by atoms with Crippen molar-refractivity contribution in [1.82, 2.24) is 19.9 Å². The van der Waals surface area contributed by atoms with Gasteiger partial charge in [0.25, 0.3) is 0 Å². The molecule has 3 heterocycles. The zero-order valence-electron chi connectivity index (χ0n) is 15.9. The van der Waals surface area contributed by atoms with Gasteiger partial charge in [0.1, 0.15) is 11.9 Å². The Morgan fingerprint density at radius 1 is 1.26 bits per heavy atom. The summed E-state index contributed by atoms with van der Waals surface area (Å²) in [7, 11) is 0. The Balaban J connectivity index is 1.78. The number of hydrogen-bond donors (Lipinski definition) is 1. The van der Waals surface area contributed by atoms with Gasteiger partial charge in [-0.2, -0.15) is 0 Å². The van der Waals surface area contributed by atoms with E-state index < -0.39 is 12.0 Å². The number of nitrogens with zero attached hydrogens (tertiary/aromatic N) is 5. The van der Waals surface area contributed by atoms with Crippen LogP contribution >= 0.6 is 0 Å². The van der Waals surface area contributed by atoms with Crippen LogP contribution in [0.25, 0.3) is 0 Å². The zero-order valence-corrected chi connectivity index (χ0v) is 15.9. The molecule has 1 aliphatic heterocycles. The van der Waals surface area contributed by atoms with Gasteiger partial charge in [0.05, 0.1) is 18.0 Å². The first-order chi connectivity index (χ1) is 13.0. The molecule has 8 nitrogen and oxygen atoms in total. The smallest absolute Gasteiger partial charge is 0.325 e. The minimum atomic E-state index is -0.899. The highest BCUT2D eigenvalue weighted by molar-refractivity contribution is 5.76. The number of aromatic nitrogens is 3. The normalized spacial score (nSPS) is 16.2. The van der Waals surface area contributed by atoms with Crippen LogP contribution in [0.3, 0.4) is 0 Å². The Morgan fingerprint density at radius 2 is 2.00 bits per heavy atom. The summed E-state index contributed by atoms with van der Waals surface area (Å²) in [5.41, 5.74) is 2.35. The third-order valence-corrected chi connectivity index (χ3v) is 4.64. The highest BCUT2D eigenvalue weighted by Gasteiger charge is 2.33. The van der Waals surface area contributed by atoms with Crippen molar-refractivity contribution in [2.45, 2.75) is 26.8 Å². The van der Waals surface area contributed by atoms with Gasteiger partial charge in [0.2, 0.25) is 5.88 Å². The van der Waals surface area contributed by atoms with Gasteiger partial charge in [0.15, 0.2) is 0 Å². The average molecular weight is 371 g/mol. The van der Waals surface area contributed by atoms with E-state index in [2.05, 4.69) is 19.9 Å². The highest BCUT2D eigenvalue weighted by Crippen LogP contribution is 2.29. The summed E-state index contributed by atoms with van der Waals surface area (Å²) >= 11 is 0. The average Bonchev–Trinajstić information content (AvgIpc) is 2.66. The molecule has 3 rings (SSSR count). The van der Waals surface area contributed by atoms with Crippen LogP contribution in [0.2, 0.25) is 0 Å². The number of aryl methyl sites for hydroxylation is 2. The monoisotopic (exact) mass is 371 g/mol. The molecule has 2 aromatic heterocycles. The Hall–Kier alpha value is -2.74. The van der Waals surface area contributed by atoms with Crippen molar-refractivity contribution in [3.63, 3.8) is 0 Å². The van der Waals surface area contributed by atoms with Crippen molar-refractivity contribution in [2.75, 3.05) is 37.7 Å². The Kier molecular flexibility index (Phi) is 5.85. The maximum absolute atomic E-state index is 12.0. The van der Waals surface area contributed by atoms with Crippen molar-refractivity contribution in [2.24, 2.45) is 0 Å². The van der Waals surface area contributed by atoms with E-state index in [1.165, 1.54) is 0 Å². The maximum atomic E-state index is 12.0. The lowest BCUT2D eigenvalue weighted by molar-refractivity contribution is -0.143. The lowest BCUT2D eigenvalue weighted by Crippen LogP contribution is -2.49. The lowest BCUT2D eigenvalue weighted by Gasteiger charge is -2.38. The number of piperazine rings is 1. The summed E-state index contributed by atoms with van der Waals surface area (Å²) in [4.78, 5) is 29.3. The van der Waals surface area contributed by atoms with Crippen LogP contribution in [0.4, 0.5) is 5.82 Å². The number of aliphatic carboxylic acids is 1. The molecule has 0 radical (unpaired) electrons. The van der Waals surface area contributed by atoms with Gasteiger partial charge in [-0.3, -0.25) is 14.7 Å². The molecule has 1 N–H and O–H groups in total. The molecule has 1 aliphatic rings. The third-order valence-electron chi connectivity index (χ3n) is 4.64. The van der Waals surface area contributed by atoms with Crippen LogP contribution < -0.4 is 9.64 Å². The summed E-state index contributed by atoms with van der Waals surface area (Å²) in [6.07, 6.45) is 3.37. The first kappa shape index (κ1) is 19.0. The molecule has 0 amide bonds. The van der Waals surface area contributed by atoms with E-state index in [0.29, 0.717) is 44.2 Å². The van der Waals surface area contributed by atoms with Crippen LogP contribution in [-0.2, 0) is 4.79 Å². The predicted octanol–water partition coefficient (Wildman–Crippen LogP) is 1.84. The second kappa shape index (κ2) is 8.30. The molecule has 27 heavy (non-hydrogen) atoms. The number of carbonyl (C=O) groups is 1. The zero-order chi connectivity index (χ0) is 19.4. The summed E-state index contributed by atoms with van der Waals surface area (Å²) in [5, 5.41) is 9.87. The fourth-order valence-corrected chi connectivity index (χ4v) is 3.37. The molecule has 0 aliphatic carbocycles. The Labute approximate surface area is 158 Å². The minimum Gasteiger partial charge on any atom is -0.480 e. The summed E-state index contributed by atoms with van der Waals surface area (Å²) in [5.74, 6) is 0.358. The van der Waals surface area contributed by atoms with Crippen LogP contribution in [0.1, 0.15) is 29.9 Å². The summed E-state index contributed by atoms with van der Waals surface area (Å²) in [6.45, 7) is 8.75. The number of ether oxygens (including phenoxy) is 1. The summed E-state index contributed by atoms with van der Waals surface area (Å²) in [6, 6.07) is 2.74. The van der Waals surface area contributed by atoms with Crippen molar-refractivity contribution in [3.8, 4) is 5.88 Å². The molecule has 2 aromatic rings. The quantitative estimate of drug-likeness (QED) is 0.822. The number of hydrogen-bond acceptors (Lipinski definition) is 7. The first-order valence-corrected chi connectivity index (χ1v) is 9.11. The largest absolute Gasteiger partial charge is 0.480 e. The third kappa shape index (κ3) is 4.16. The SMILES string of the molecule is CCOc1ncccc1[C@H](C(=O)O)N1CCN(c2nc(C)cnc2C)CC1. The van der Waals surface area contributed by atoms with Crippen LogP contribution in [-0.4, -0.2) is 63.7 Å². The van der Waals surface area contributed by atoms with Crippen LogP contribution in [0.5, 0.6) is 5.88 Å². The molecule has 0 bridgehead atoms. The van der Waals surface area contributed by atoms with Gasteiger partial charge in [-0.15, -0.1) is 0 Å². The molecular formula is C19H25N5O3. The van der Waals surface area contributed by atoms with E-state index in [4.69, 9.17) is 4.74 Å². The van der Waals surface area contributed by atoms with Crippen LogP contribution in [0.15, 0.2) is 24.5 Å². The van der Waals surface area contributed by atoms with Crippen molar-refractivity contribution in [1.29, 1.82) is 0 Å². The van der Waals surface area contributed by atoms with E-state index in [1.807, 2.05) is 25.7 Å². The second-order valence-corrected chi connectivity index (χ2v) is 6.51. The lowest BCUT2D eigenvalue weighted by atomic mass is 10.1. The number of anilines is 1.